The van der Waals surface area contributed by atoms with E-state index < -0.39 is 29.4 Å². The Bertz CT molecular complexity index is 287. The minimum absolute atomic E-state index is 0.0394. The lowest BCUT2D eigenvalue weighted by atomic mass is 10.1. The maximum atomic E-state index is 10.5. The highest BCUT2D eigenvalue weighted by Gasteiger charge is 2.60. The van der Waals surface area contributed by atoms with E-state index in [1.54, 1.807) is 0 Å². The van der Waals surface area contributed by atoms with Crippen molar-refractivity contribution in [2.45, 2.75) is 110 Å². The van der Waals surface area contributed by atoms with Crippen molar-refractivity contribution in [2.75, 3.05) is 0 Å². The lowest BCUT2D eigenvalue weighted by Crippen LogP contribution is -2.82. The molecule has 0 aliphatic rings. The third kappa shape index (κ3) is 5.43. The Balaban J connectivity index is 5.28. The van der Waals surface area contributed by atoms with Gasteiger partial charge in [-0.3, -0.25) is 0 Å². The van der Waals surface area contributed by atoms with Gasteiger partial charge >= 0.3 is 0 Å². The highest BCUT2D eigenvalue weighted by molar-refractivity contribution is 7.89. The summed E-state index contributed by atoms with van der Waals surface area (Å²) >= 11 is 0. The number of rotatable bonds is 10. The summed E-state index contributed by atoms with van der Waals surface area (Å²) in [6.07, 6.45) is 5.82. The quantitative estimate of drug-likeness (QED) is 0.365. The Morgan fingerprint density at radius 3 is 1.41 bits per heavy atom. The molecule has 1 atom stereocenters. The summed E-state index contributed by atoms with van der Waals surface area (Å²) in [4.78, 5) is 0. The fourth-order valence-corrected chi connectivity index (χ4v) is 104. The first-order chi connectivity index (χ1) is 9.70. The Labute approximate surface area is 144 Å². The van der Waals surface area contributed by atoms with E-state index in [0.717, 1.165) is 12.8 Å². The van der Waals surface area contributed by atoms with Crippen LogP contribution in [0.15, 0.2) is 0 Å². The van der Waals surface area contributed by atoms with Gasteiger partial charge in [-0.05, 0) is 12.8 Å². The Morgan fingerprint density at radius 2 is 1.09 bits per heavy atom. The van der Waals surface area contributed by atoms with Crippen LogP contribution in [0.2, 0.25) is 65.0 Å². The van der Waals surface area contributed by atoms with E-state index in [-0.39, 0.29) is 6.10 Å². The molecule has 0 heterocycles. The molecule has 22 heavy (non-hydrogen) atoms. The SMILES string of the molecule is CCCCCC(O)CC[Si]([Si](C)(C)C)([Si](C)(C)C)[Si](C)(C)C. The first-order valence-corrected chi connectivity index (χ1v) is 25.1. The van der Waals surface area contributed by atoms with E-state index in [0.29, 0.717) is 0 Å². The van der Waals surface area contributed by atoms with Gasteiger partial charge in [0.2, 0.25) is 0 Å². The number of aliphatic hydroxyl groups excluding tert-OH is 1. The van der Waals surface area contributed by atoms with E-state index in [1.807, 2.05) is 0 Å². The maximum Gasteiger partial charge on any atom is 0.0537 e. The first kappa shape index (κ1) is 22.8. The van der Waals surface area contributed by atoms with Crippen LogP contribution in [0.3, 0.4) is 0 Å². The second-order valence-electron chi connectivity index (χ2n) is 10.3. The van der Waals surface area contributed by atoms with E-state index >= 15 is 0 Å². The van der Waals surface area contributed by atoms with Crippen LogP contribution < -0.4 is 0 Å². The maximum absolute atomic E-state index is 10.5. The Morgan fingerprint density at radius 1 is 0.682 bits per heavy atom. The van der Waals surface area contributed by atoms with E-state index in [1.165, 1.54) is 25.3 Å². The van der Waals surface area contributed by atoms with Crippen LogP contribution in [0.4, 0.5) is 0 Å². The van der Waals surface area contributed by atoms with Crippen LogP contribution in [-0.4, -0.2) is 40.6 Å². The summed E-state index contributed by atoms with van der Waals surface area (Å²) in [5, 5.41) is 10.5. The highest BCUT2D eigenvalue weighted by atomic mass is 29.9. The van der Waals surface area contributed by atoms with Crippen LogP contribution >= 0.6 is 0 Å². The molecule has 5 heteroatoms. The van der Waals surface area contributed by atoms with Crippen molar-refractivity contribution < 1.29 is 5.11 Å². The van der Waals surface area contributed by atoms with Gasteiger partial charge in [-0.25, -0.2) is 0 Å². The summed E-state index contributed by atoms with van der Waals surface area (Å²) < 4.78 is 0. The van der Waals surface area contributed by atoms with Gasteiger partial charge in [0.05, 0.1) is 6.10 Å². The summed E-state index contributed by atoms with van der Waals surface area (Å²) in [6.45, 7) is 24.9. The second kappa shape index (κ2) is 8.27. The topological polar surface area (TPSA) is 20.2 Å². The van der Waals surface area contributed by atoms with Crippen molar-refractivity contribution in [2.24, 2.45) is 0 Å². The van der Waals surface area contributed by atoms with Gasteiger partial charge in [0.1, 0.15) is 0 Å². The number of aliphatic hydroxyl groups is 1. The van der Waals surface area contributed by atoms with Crippen molar-refractivity contribution in [1.82, 2.24) is 0 Å². The Hall–Kier alpha value is 0.828. The molecule has 0 rings (SSSR count). The third-order valence-electron chi connectivity index (χ3n) is 5.83. The fourth-order valence-electron chi connectivity index (χ4n) is 5.66. The van der Waals surface area contributed by atoms with Gasteiger partial charge in [0, 0.05) is 29.4 Å². The molecule has 1 nitrogen and oxygen atoms in total. The zero-order chi connectivity index (χ0) is 17.8. The molecule has 0 aromatic rings. The summed E-state index contributed by atoms with van der Waals surface area (Å²) in [5.74, 6) is 0. The summed E-state index contributed by atoms with van der Waals surface area (Å²) in [7, 11) is -3.48. The van der Waals surface area contributed by atoms with Crippen LogP contribution in [0.5, 0.6) is 0 Å². The molecule has 0 saturated carbocycles. The predicted molar refractivity (Wildman–Crippen MR) is 115 cm³/mol. The molecule has 0 bridgehead atoms. The molecule has 0 aliphatic carbocycles. The lowest BCUT2D eigenvalue weighted by Gasteiger charge is -2.58. The molecule has 1 N–H and O–H groups in total. The minimum Gasteiger partial charge on any atom is -0.393 e. The molecular formula is C17H44OSi4. The minimum atomic E-state index is -1.25. The zero-order valence-corrected chi connectivity index (χ0v) is 21.3. The largest absolute Gasteiger partial charge is 0.393 e. The molecule has 0 radical (unpaired) electrons. The van der Waals surface area contributed by atoms with Crippen molar-refractivity contribution in [3.05, 3.63) is 0 Å². The molecule has 0 aromatic heterocycles. The number of hydrogen-bond acceptors (Lipinski definition) is 1. The zero-order valence-electron chi connectivity index (χ0n) is 17.3. The van der Waals surface area contributed by atoms with E-state index in [4.69, 9.17) is 0 Å². The average molecular weight is 377 g/mol. The Kier molecular flexibility index (Phi) is 8.59. The molecule has 0 saturated heterocycles. The monoisotopic (exact) mass is 376 g/mol. The van der Waals surface area contributed by atoms with Gasteiger partial charge in [-0.1, -0.05) is 91.2 Å². The van der Waals surface area contributed by atoms with Gasteiger partial charge in [-0.15, -0.1) is 0 Å². The average Bonchev–Trinajstić information content (AvgIpc) is 2.24. The molecule has 0 aromatic carbocycles. The highest BCUT2D eigenvalue weighted by Crippen LogP contribution is 2.41. The first-order valence-electron chi connectivity index (χ1n) is 9.39. The standard InChI is InChI=1S/C17H44OSi4/c1-11-12-13-14-17(18)15-16-22(19(2,3)4,20(5,6)7)21(8,9)10/h17-18H,11-16H2,1-10H3. The molecular weight excluding hydrogens is 333 g/mol. The lowest BCUT2D eigenvalue weighted by molar-refractivity contribution is 0.156. The van der Waals surface area contributed by atoms with Crippen molar-refractivity contribution in [1.29, 1.82) is 0 Å². The molecule has 0 amide bonds. The van der Waals surface area contributed by atoms with Gasteiger partial charge < -0.3 is 5.11 Å². The van der Waals surface area contributed by atoms with Gasteiger partial charge in [0.15, 0.2) is 0 Å². The van der Waals surface area contributed by atoms with Crippen LogP contribution in [0.1, 0.15) is 39.0 Å². The van der Waals surface area contributed by atoms with E-state index in [2.05, 4.69) is 65.8 Å². The summed E-state index contributed by atoms with van der Waals surface area (Å²) in [6, 6.07) is 1.42. The smallest absolute Gasteiger partial charge is 0.0537 e. The number of unbranched alkanes of at least 4 members (excludes halogenated alkanes) is 2. The second-order valence-corrected chi connectivity index (χ2v) is 51.8. The molecule has 1 unspecified atom stereocenters. The van der Waals surface area contributed by atoms with Crippen LogP contribution in [0.25, 0.3) is 0 Å². The molecule has 0 spiro atoms. The molecule has 0 fully saturated rings. The van der Waals surface area contributed by atoms with Crippen LogP contribution in [0, 0.1) is 0 Å². The normalized spacial score (nSPS) is 16.0. The number of hydrogen-bond donors (Lipinski definition) is 1. The third-order valence-corrected chi connectivity index (χ3v) is 80.4. The van der Waals surface area contributed by atoms with Crippen molar-refractivity contribution in [3.63, 3.8) is 0 Å². The van der Waals surface area contributed by atoms with Gasteiger partial charge in [-0.2, -0.15) is 0 Å². The van der Waals surface area contributed by atoms with E-state index in [9.17, 15) is 5.11 Å². The molecule has 0 aliphatic heterocycles. The van der Waals surface area contributed by atoms with Crippen LogP contribution in [-0.2, 0) is 0 Å². The predicted octanol–water partition coefficient (Wildman–Crippen LogP) is 6.02. The van der Waals surface area contributed by atoms with Gasteiger partial charge in [0.25, 0.3) is 0 Å². The summed E-state index contributed by atoms with van der Waals surface area (Å²) in [5.41, 5.74) is 0. The van der Waals surface area contributed by atoms with Crippen molar-refractivity contribution in [3.8, 4) is 0 Å². The fraction of sp³-hybridized carbons (Fsp3) is 1.00. The van der Waals surface area contributed by atoms with Crippen molar-refractivity contribution >= 4 is 29.4 Å². The molecule has 134 valence electrons.